The fourth-order valence-corrected chi connectivity index (χ4v) is 3.41. The molecule has 1 fully saturated rings. The number of nitrogens with zero attached hydrogens (tertiary/aromatic N) is 2. The number of rotatable bonds is 5. The highest BCUT2D eigenvalue weighted by Gasteiger charge is 2.38. The predicted octanol–water partition coefficient (Wildman–Crippen LogP) is 3.65. The van der Waals surface area contributed by atoms with E-state index in [1.54, 1.807) is 12.1 Å². The molecule has 11 heteroatoms. The highest BCUT2D eigenvalue weighted by molar-refractivity contribution is 6.01. The van der Waals surface area contributed by atoms with Crippen LogP contribution in [0, 0.1) is 6.92 Å². The zero-order valence-corrected chi connectivity index (χ0v) is 19.4. The third kappa shape index (κ3) is 8.93. The van der Waals surface area contributed by atoms with E-state index in [0.717, 1.165) is 49.4 Å². The summed E-state index contributed by atoms with van der Waals surface area (Å²) >= 11 is 0. The summed E-state index contributed by atoms with van der Waals surface area (Å²) in [6, 6.07) is 13.0. The average Bonchev–Trinajstić information content (AvgIpc) is 2.99. The first kappa shape index (κ1) is 27.6. The molecule has 0 aliphatic carbocycles. The van der Waals surface area contributed by atoms with Crippen molar-refractivity contribution in [2.24, 2.45) is 0 Å². The Morgan fingerprint density at radius 1 is 0.971 bits per heavy atom. The van der Waals surface area contributed by atoms with Crippen molar-refractivity contribution >= 4 is 29.2 Å². The molecule has 0 aromatic heterocycles. The minimum atomic E-state index is -5.08. The van der Waals surface area contributed by atoms with Crippen LogP contribution >= 0.6 is 0 Å². The van der Waals surface area contributed by atoms with Crippen molar-refractivity contribution in [1.82, 2.24) is 4.90 Å². The van der Waals surface area contributed by atoms with Crippen LogP contribution in [0.5, 0.6) is 0 Å². The summed E-state index contributed by atoms with van der Waals surface area (Å²) < 4.78 is 31.7. The number of alkyl halides is 3. The van der Waals surface area contributed by atoms with E-state index in [9.17, 15) is 27.9 Å². The molecule has 2 aromatic rings. The summed E-state index contributed by atoms with van der Waals surface area (Å²) in [7, 11) is 2.10. The van der Waals surface area contributed by atoms with Gasteiger partial charge in [-0.1, -0.05) is 29.8 Å². The number of carboxylic acids is 2. The number of carbonyl (C=O) groups is 3. The maximum Gasteiger partial charge on any atom is 0.490 e. The third-order valence-corrected chi connectivity index (χ3v) is 5.32. The number of hydrogen-bond donors (Lipinski definition) is 3. The Kier molecular flexibility index (Phi) is 9.64. The molecule has 0 radical (unpaired) electrons. The van der Waals surface area contributed by atoms with E-state index in [1.165, 1.54) is 0 Å². The number of hydrogen-bond acceptors (Lipinski definition) is 5. The van der Waals surface area contributed by atoms with Crippen molar-refractivity contribution in [3.8, 4) is 0 Å². The van der Waals surface area contributed by atoms with Gasteiger partial charge in [-0.3, -0.25) is 4.79 Å². The van der Waals surface area contributed by atoms with Gasteiger partial charge in [0.25, 0.3) is 0 Å². The van der Waals surface area contributed by atoms with E-state index in [0.29, 0.717) is 5.69 Å². The Hall–Kier alpha value is -3.60. The van der Waals surface area contributed by atoms with Gasteiger partial charge in [0.15, 0.2) is 0 Å². The standard InChI is InChI=1S/C22H27N3O3.C2HF3O2/c1-16-4-6-17(7-5-16)14-21(26)23-20-9-8-18(15-19(20)22(27)28)25-11-3-10-24(2)12-13-25;3-2(4,5)1(6)7/h4-9,15H,3,10-14H2,1-2H3,(H,23,26)(H,27,28);(H,6,7). The zero-order chi connectivity index (χ0) is 26.2. The molecule has 1 amide bonds. The summed E-state index contributed by atoms with van der Waals surface area (Å²) in [5.74, 6) is -4.03. The minimum Gasteiger partial charge on any atom is -0.478 e. The molecular weight excluding hydrogens is 467 g/mol. The molecule has 3 rings (SSSR count). The number of carboxylic acid groups (broad SMARTS) is 2. The lowest BCUT2D eigenvalue weighted by atomic mass is 10.1. The van der Waals surface area contributed by atoms with Gasteiger partial charge in [-0.05, 0) is 50.7 Å². The van der Waals surface area contributed by atoms with Crippen LogP contribution in [0.4, 0.5) is 24.5 Å². The predicted molar refractivity (Wildman–Crippen MR) is 125 cm³/mol. The maximum absolute atomic E-state index is 12.4. The van der Waals surface area contributed by atoms with E-state index in [4.69, 9.17) is 9.90 Å². The molecule has 0 saturated carbocycles. The summed E-state index contributed by atoms with van der Waals surface area (Å²) in [6.07, 6.45) is -3.84. The van der Waals surface area contributed by atoms with Crippen molar-refractivity contribution in [2.75, 3.05) is 43.4 Å². The van der Waals surface area contributed by atoms with Crippen molar-refractivity contribution in [2.45, 2.75) is 25.9 Å². The number of nitrogens with one attached hydrogen (secondary N) is 1. The number of benzene rings is 2. The molecule has 190 valence electrons. The Balaban J connectivity index is 0.000000540. The molecule has 1 heterocycles. The van der Waals surface area contributed by atoms with Crippen LogP contribution in [0.25, 0.3) is 0 Å². The molecule has 0 spiro atoms. The van der Waals surface area contributed by atoms with Crippen LogP contribution in [0.1, 0.15) is 27.9 Å². The van der Waals surface area contributed by atoms with Gasteiger partial charge in [0, 0.05) is 25.3 Å². The number of aliphatic carboxylic acids is 1. The quantitative estimate of drug-likeness (QED) is 0.581. The van der Waals surface area contributed by atoms with Crippen LogP contribution in [-0.4, -0.2) is 72.4 Å². The van der Waals surface area contributed by atoms with Gasteiger partial charge in [-0.15, -0.1) is 0 Å². The fraction of sp³-hybridized carbons (Fsp3) is 0.375. The second-order valence-corrected chi connectivity index (χ2v) is 8.19. The molecule has 35 heavy (non-hydrogen) atoms. The van der Waals surface area contributed by atoms with Crippen molar-refractivity contribution in [1.29, 1.82) is 0 Å². The molecule has 0 atom stereocenters. The summed E-state index contributed by atoms with van der Waals surface area (Å²) in [5.41, 5.74) is 3.36. The first-order chi connectivity index (χ1) is 16.4. The van der Waals surface area contributed by atoms with E-state index >= 15 is 0 Å². The number of aromatic carboxylic acids is 1. The van der Waals surface area contributed by atoms with E-state index < -0.39 is 18.1 Å². The topological polar surface area (TPSA) is 110 Å². The van der Waals surface area contributed by atoms with Gasteiger partial charge in [0.1, 0.15) is 0 Å². The van der Waals surface area contributed by atoms with Crippen LogP contribution in [-0.2, 0) is 16.0 Å². The lowest BCUT2D eigenvalue weighted by molar-refractivity contribution is -0.192. The first-order valence-corrected chi connectivity index (χ1v) is 10.8. The fourth-order valence-electron chi connectivity index (χ4n) is 3.41. The molecule has 1 aliphatic rings. The molecule has 0 unspecified atom stereocenters. The second kappa shape index (κ2) is 12.2. The number of halogens is 3. The smallest absolute Gasteiger partial charge is 0.478 e. The van der Waals surface area contributed by atoms with E-state index in [-0.39, 0.29) is 17.9 Å². The second-order valence-electron chi connectivity index (χ2n) is 8.19. The molecule has 0 bridgehead atoms. The van der Waals surface area contributed by atoms with Gasteiger partial charge >= 0.3 is 18.1 Å². The molecule has 8 nitrogen and oxygen atoms in total. The zero-order valence-electron chi connectivity index (χ0n) is 19.4. The maximum atomic E-state index is 12.4. The van der Waals surface area contributed by atoms with Crippen molar-refractivity contribution in [3.05, 3.63) is 59.2 Å². The lowest BCUT2D eigenvalue weighted by Gasteiger charge is -2.24. The van der Waals surface area contributed by atoms with Gasteiger partial charge in [0.2, 0.25) is 5.91 Å². The number of amides is 1. The largest absolute Gasteiger partial charge is 0.490 e. The third-order valence-electron chi connectivity index (χ3n) is 5.32. The van der Waals surface area contributed by atoms with E-state index in [2.05, 4.69) is 22.2 Å². The highest BCUT2D eigenvalue weighted by atomic mass is 19.4. The molecule has 1 aliphatic heterocycles. The Morgan fingerprint density at radius 2 is 1.60 bits per heavy atom. The van der Waals surface area contributed by atoms with Gasteiger partial charge < -0.3 is 25.3 Å². The normalized spacial score (nSPS) is 14.4. The average molecular weight is 495 g/mol. The lowest BCUT2D eigenvalue weighted by Crippen LogP contribution is -2.29. The summed E-state index contributed by atoms with van der Waals surface area (Å²) in [4.78, 5) is 37.5. The van der Waals surface area contributed by atoms with Crippen LogP contribution in [0.15, 0.2) is 42.5 Å². The van der Waals surface area contributed by atoms with Gasteiger partial charge in [-0.25, -0.2) is 9.59 Å². The molecular formula is C24H28F3N3O5. The van der Waals surface area contributed by atoms with Crippen LogP contribution in [0.3, 0.4) is 0 Å². The summed E-state index contributed by atoms with van der Waals surface area (Å²) in [6.45, 7) is 5.72. The number of aryl methyl sites for hydroxylation is 1. The molecule has 2 aromatic carbocycles. The molecule has 3 N–H and O–H groups in total. The number of carbonyl (C=O) groups excluding carboxylic acids is 1. The monoisotopic (exact) mass is 495 g/mol. The van der Waals surface area contributed by atoms with Gasteiger partial charge in [-0.2, -0.15) is 13.2 Å². The van der Waals surface area contributed by atoms with E-state index in [1.807, 2.05) is 37.3 Å². The van der Waals surface area contributed by atoms with Crippen LogP contribution in [0.2, 0.25) is 0 Å². The number of anilines is 2. The van der Waals surface area contributed by atoms with Crippen LogP contribution < -0.4 is 10.2 Å². The van der Waals surface area contributed by atoms with Crippen molar-refractivity contribution < 1.29 is 37.8 Å². The SMILES string of the molecule is Cc1ccc(CC(=O)Nc2ccc(N3CCCN(C)CC3)cc2C(=O)O)cc1.O=C(O)C(F)(F)F. The van der Waals surface area contributed by atoms with Gasteiger partial charge in [0.05, 0.1) is 17.7 Å². The Morgan fingerprint density at radius 3 is 2.17 bits per heavy atom. The number of likely N-dealkylation sites (N-methyl/N-ethyl adjacent to an activating group) is 1. The molecule has 1 saturated heterocycles. The highest BCUT2D eigenvalue weighted by Crippen LogP contribution is 2.25. The Bertz CT molecular complexity index is 1040. The summed E-state index contributed by atoms with van der Waals surface area (Å²) in [5, 5.41) is 19.5. The first-order valence-electron chi connectivity index (χ1n) is 10.8. The van der Waals surface area contributed by atoms with Crippen molar-refractivity contribution in [3.63, 3.8) is 0 Å². The minimum absolute atomic E-state index is 0.118. The Labute approximate surface area is 201 Å².